The molecule has 0 rings (SSSR count). The van der Waals surface area contributed by atoms with Crippen LogP contribution in [0.1, 0.15) is 142 Å². The van der Waals surface area contributed by atoms with E-state index in [4.69, 9.17) is 18.5 Å². The summed E-state index contributed by atoms with van der Waals surface area (Å²) >= 11 is 0. The highest BCUT2D eigenvalue weighted by Gasteiger charge is 2.21. The Kier molecular flexibility index (Phi) is 30.1. The van der Waals surface area contributed by atoms with Crippen LogP contribution in [0.2, 0.25) is 0 Å². The van der Waals surface area contributed by atoms with Crippen molar-refractivity contribution in [1.29, 1.82) is 0 Å². The number of hydrogen-bond donors (Lipinski definition) is 0. The fourth-order valence-corrected chi connectivity index (χ4v) is 5.45. The van der Waals surface area contributed by atoms with Gasteiger partial charge in [0.25, 0.3) is 7.82 Å². The summed E-state index contributed by atoms with van der Waals surface area (Å²) in [5.74, 6) is -0.860. The van der Waals surface area contributed by atoms with Crippen LogP contribution in [0.25, 0.3) is 0 Å². The van der Waals surface area contributed by atoms with Crippen molar-refractivity contribution in [3.05, 3.63) is 36.5 Å². The van der Waals surface area contributed by atoms with Gasteiger partial charge < -0.3 is 27.9 Å². The fraction of sp³-hybridized carbons (Fsp3) is 0.789. The molecule has 1 unspecified atom stereocenters. The molecule has 0 spiro atoms. The first-order chi connectivity index (χ1) is 23.0. The second-order valence-electron chi connectivity index (χ2n) is 13.6. The quantitative estimate of drug-likeness (QED) is 0.0219. The first kappa shape index (κ1) is 46.2. The molecule has 10 heteroatoms. The molecular formula is C38H70NO8P. The van der Waals surface area contributed by atoms with E-state index >= 15 is 0 Å². The zero-order chi connectivity index (χ0) is 35.8. The van der Waals surface area contributed by atoms with Gasteiger partial charge in [-0.15, -0.1) is 0 Å². The highest BCUT2D eigenvalue weighted by atomic mass is 31.2. The number of nitrogens with zero attached hydrogens (tertiary/aromatic N) is 1. The molecule has 0 bridgehead atoms. The molecule has 0 radical (unpaired) electrons. The summed E-state index contributed by atoms with van der Waals surface area (Å²) < 4.78 is 33.7. The van der Waals surface area contributed by atoms with Crippen molar-refractivity contribution in [2.75, 3.05) is 47.5 Å². The van der Waals surface area contributed by atoms with Gasteiger partial charge >= 0.3 is 11.9 Å². The summed E-state index contributed by atoms with van der Waals surface area (Å²) in [6.07, 6.45) is 31.8. The minimum absolute atomic E-state index is 0.0337. The second kappa shape index (κ2) is 31.2. The van der Waals surface area contributed by atoms with Crippen molar-refractivity contribution >= 4 is 19.8 Å². The monoisotopic (exact) mass is 699 g/mol. The van der Waals surface area contributed by atoms with E-state index in [1.165, 1.54) is 32.1 Å². The van der Waals surface area contributed by atoms with Gasteiger partial charge in [0.15, 0.2) is 6.10 Å². The highest BCUT2D eigenvalue weighted by molar-refractivity contribution is 7.45. The number of hydrogen-bond acceptors (Lipinski definition) is 8. The van der Waals surface area contributed by atoms with Crippen LogP contribution in [0.5, 0.6) is 0 Å². The molecule has 280 valence electrons. The molecule has 0 amide bonds. The van der Waals surface area contributed by atoms with E-state index < -0.39 is 32.5 Å². The lowest BCUT2D eigenvalue weighted by Crippen LogP contribution is -2.37. The van der Waals surface area contributed by atoms with Crippen molar-refractivity contribution in [2.24, 2.45) is 0 Å². The Labute approximate surface area is 293 Å². The van der Waals surface area contributed by atoms with Crippen LogP contribution in [0.15, 0.2) is 36.5 Å². The third kappa shape index (κ3) is 34.1. The van der Waals surface area contributed by atoms with Gasteiger partial charge in [-0.3, -0.25) is 14.2 Å². The van der Waals surface area contributed by atoms with Crippen LogP contribution in [0.4, 0.5) is 0 Å². The molecule has 0 aliphatic carbocycles. The van der Waals surface area contributed by atoms with Crippen molar-refractivity contribution in [2.45, 2.75) is 148 Å². The molecule has 2 atom stereocenters. The van der Waals surface area contributed by atoms with Crippen LogP contribution in [0.3, 0.4) is 0 Å². The number of unbranched alkanes of at least 4 members (excludes halogenated alkanes) is 13. The van der Waals surface area contributed by atoms with Gasteiger partial charge in [0.2, 0.25) is 0 Å². The van der Waals surface area contributed by atoms with Crippen molar-refractivity contribution in [1.82, 2.24) is 0 Å². The number of carbonyl (C=O) groups is 2. The third-order valence-corrected chi connectivity index (χ3v) is 8.64. The van der Waals surface area contributed by atoms with Crippen LogP contribution < -0.4 is 4.89 Å². The Morgan fingerprint density at radius 2 is 1.19 bits per heavy atom. The first-order valence-electron chi connectivity index (χ1n) is 18.7. The lowest BCUT2D eigenvalue weighted by molar-refractivity contribution is -0.870. The molecule has 0 aliphatic rings. The van der Waals surface area contributed by atoms with Crippen molar-refractivity contribution < 1.29 is 42.1 Å². The number of allylic oxidation sites excluding steroid dienone is 6. The number of ether oxygens (including phenoxy) is 2. The van der Waals surface area contributed by atoms with E-state index in [-0.39, 0.29) is 26.1 Å². The Hall–Kier alpha value is -1.77. The Morgan fingerprint density at radius 3 is 1.77 bits per heavy atom. The molecule has 0 aromatic heterocycles. The van der Waals surface area contributed by atoms with E-state index in [0.717, 1.165) is 70.6 Å². The van der Waals surface area contributed by atoms with Gasteiger partial charge in [0.1, 0.15) is 19.8 Å². The standard InChI is InChI=1S/C38H70NO8P/c1-6-8-10-12-14-16-17-18-19-20-21-23-24-26-28-30-37(40)44-34-36(35-46-48(42,43)45-33-32-39(3,4)5)47-38(41)31-29-27-25-22-15-13-11-9-7-2/h8,10,14,16,18-19,36H,6-7,9,11-13,15,17,20-35H2,1-5H3/b10-8-,16-14-,19-18-/t36-/m1/s1. The molecule has 0 saturated heterocycles. The maximum atomic E-state index is 12.5. The third-order valence-electron chi connectivity index (χ3n) is 7.67. The highest BCUT2D eigenvalue weighted by Crippen LogP contribution is 2.38. The molecule has 0 heterocycles. The summed E-state index contributed by atoms with van der Waals surface area (Å²) in [6, 6.07) is 0. The smallest absolute Gasteiger partial charge is 0.306 e. The van der Waals surface area contributed by atoms with E-state index in [0.29, 0.717) is 23.9 Å². The summed E-state index contributed by atoms with van der Waals surface area (Å²) in [7, 11) is 1.15. The second-order valence-corrected chi connectivity index (χ2v) is 15.0. The molecule has 0 aromatic carbocycles. The number of phosphoric ester groups is 1. The zero-order valence-corrected chi connectivity index (χ0v) is 32.1. The molecule has 9 nitrogen and oxygen atoms in total. The van der Waals surface area contributed by atoms with E-state index in [1.54, 1.807) is 0 Å². The molecule has 48 heavy (non-hydrogen) atoms. The normalized spacial score (nSPS) is 14.2. The number of carbonyl (C=O) groups excluding carboxylic acids is 2. The molecule has 0 N–H and O–H groups in total. The Morgan fingerprint density at radius 1 is 0.667 bits per heavy atom. The largest absolute Gasteiger partial charge is 0.756 e. The number of rotatable bonds is 33. The lowest BCUT2D eigenvalue weighted by atomic mass is 10.1. The van der Waals surface area contributed by atoms with E-state index in [2.05, 4.69) is 50.3 Å². The summed E-state index contributed by atoms with van der Waals surface area (Å²) in [5, 5.41) is 0. The topological polar surface area (TPSA) is 111 Å². The number of likely N-dealkylation sites (N-methyl/N-ethyl adjacent to an activating group) is 1. The average molecular weight is 700 g/mol. The minimum atomic E-state index is -4.61. The SMILES string of the molecule is CC/C=C\C/C=C\C/C=C\CCCCCCCC(=O)OC[C@H](COP(=O)([O-])OCC[N+](C)(C)C)OC(=O)CCCCCCCCCCC. The molecular weight excluding hydrogens is 629 g/mol. The van der Waals surface area contributed by atoms with Crippen LogP contribution >= 0.6 is 7.82 Å². The average Bonchev–Trinajstić information content (AvgIpc) is 3.02. The number of phosphoric acid groups is 1. The van der Waals surface area contributed by atoms with Gasteiger partial charge in [-0.05, 0) is 44.9 Å². The zero-order valence-electron chi connectivity index (χ0n) is 31.2. The van der Waals surface area contributed by atoms with Crippen LogP contribution in [-0.4, -0.2) is 70.0 Å². The van der Waals surface area contributed by atoms with Gasteiger partial charge in [-0.1, -0.05) is 121 Å². The Balaban J connectivity index is 4.44. The summed E-state index contributed by atoms with van der Waals surface area (Å²) in [5.41, 5.74) is 0. The molecule has 0 aromatic rings. The van der Waals surface area contributed by atoms with Gasteiger partial charge in [-0.2, -0.15) is 0 Å². The van der Waals surface area contributed by atoms with E-state index in [1.807, 2.05) is 21.1 Å². The first-order valence-corrected chi connectivity index (χ1v) is 20.2. The van der Waals surface area contributed by atoms with Crippen LogP contribution in [0, 0.1) is 0 Å². The lowest BCUT2D eigenvalue weighted by Gasteiger charge is -2.28. The van der Waals surface area contributed by atoms with Crippen molar-refractivity contribution in [3.63, 3.8) is 0 Å². The molecule has 0 aliphatic heterocycles. The summed E-state index contributed by atoms with van der Waals surface area (Å²) in [4.78, 5) is 37.2. The number of quaternary nitrogens is 1. The van der Waals surface area contributed by atoms with Crippen LogP contribution in [-0.2, 0) is 32.7 Å². The molecule has 0 fully saturated rings. The van der Waals surface area contributed by atoms with Crippen molar-refractivity contribution in [3.8, 4) is 0 Å². The van der Waals surface area contributed by atoms with Gasteiger partial charge in [0.05, 0.1) is 27.7 Å². The summed E-state index contributed by atoms with van der Waals surface area (Å²) in [6.45, 7) is 4.04. The predicted octanol–water partition coefficient (Wildman–Crippen LogP) is 9.16. The Bertz CT molecular complexity index is 928. The van der Waals surface area contributed by atoms with E-state index in [9.17, 15) is 19.0 Å². The maximum absolute atomic E-state index is 12.5. The minimum Gasteiger partial charge on any atom is -0.756 e. The predicted molar refractivity (Wildman–Crippen MR) is 194 cm³/mol. The maximum Gasteiger partial charge on any atom is 0.306 e. The van der Waals surface area contributed by atoms with Gasteiger partial charge in [-0.25, -0.2) is 0 Å². The number of esters is 2. The van der Waals surface area contributed by atoms with Gasteiger partial charge in [0, 0.05) is 12.8 Å². The fourth-order valence-electron chi connectivity index (χ4n) is 4.73. The molecule has 0 saturated carbocycles.